The summed E-state index contributed by atoms with van der Waals surface area (Å²) in [6.07, 6.45) is -2.91. The molecule has 2 aromatic rings. The van der Waals surface area contributed by atoms with Gasteiger partial charge >= 0.3 is 6.18 Å². The Morgan fingerprint density at radius 2 is 2.17 bits per heavy atom. The first kappa shape index (κ1) is 12.2. The van der Waals surface area contributed by atoms with Crippen LogP contribution in [-0.2, 0) is 11.2 Å². The standard InChI is InChI=1S/C10H6F3N3O2/c11-10(12,13)7(17)4-8-15-9(16-18-8)6-2-1-3-14-5-6/h1-3,5H,4H2. The van der Waals surface area contributed by atoms with Crippen LogP contribution in [0.15, 0.2) is 29.0 Å². The molecule has 0 saturated carbocycles. The summed E-state index contributed by atoms with van der Waals surface area (Å²) in [5, 5.41) is 3.48. The summed E-state index contributed by atoms with van der Waals surface area (Å²) in [6, 6.07) is 3.24. The molecule has 0 aromatic carbocycles. The van der Waals surface area contributed by atoms with Crippen LogP contribution in [-0.4, -0.2) is 27.1 Å². The molecule has 0 spiro atoms. The first-order valence-electron chi connectivity index (χ1n) is 4.80. The number of rotatable bonds is 3. The highest BCUT2D eigenvalue weighted by molar-refractivity contribution is 5.85. The fraction of sp³-hybridized carbons (Fsp3) is 0.200. The van der Waals surface area contributed by atoms with Crippen molar-refractivity contribution >= 4 is 5.78 Å². The monoisotopic (exact) mass is 257 g/mol. The third-order valence-corrected chi connectivity index (χ3v) is 2.02. The van der Waals surface area contributed by atoms with Gasteiger partial charge in [0.15, 0.2) is 0 Å². The molecule has 0 aliphatic carbocycles. The van der Waals surface area contributed by atoms with E-state index < -0.39 is 18.4 Å². The van der Waals surface area contributed by atoms with Crippen LogP contribution in [0, 0.1) is 0 Å². The third-order valence-electron chi connectivity index (χ3n) is 2.02. The number of aromatic nitrogens is 3. The highest BCUT2D eigenvalue weighted by Gasteiger charge is 2.39. The number of halogens is 3. The van der Waals surface area contributed by atoms with Crippen molar-refractivity contribution in [2.24, 2.45) is 0 Å². The number of pyridine rings is 1. The SMILES string of the molecule is O=C(Cc1nc(-c2cccnc2)no1)C(F)(F)F. The van der Waals surface area contributed by atoms with Gasteiger partial charge in [-0.05, 0) is 12.1 Å². The van der Waals surface area contributed by atoms with Crippen molar-refractivity contribution in [1.29, 1.82) is 0 Å². The minimum absolute atomic E-state index is 0.0908. The van der Waals surface area contributed by atoms with Gasteiger partial charge in [0.2, 0.25) is 17.5 Å². The summed E-state index contributed by atoms with van der Waals surface area (Å²) in [5.74, 6) is -2.21. The quantitative estimate of drug-likeness (QED) is 0.838. The largest absolute Gasteiger partial charge is 0.450 e. The number of hydrogen-bond acceptors (Lipinski definition) is 5. The Morgan fingerprint density at radius 1 is 1.39 bits per heavy atom. The molecule has 0 unspecified atom stereocenters. The van der Waals surface area contributed by atoms with Gasteiger partial charge in [-0.25, -0.2) is 0 Å². The van der Waals surface area contributed by atoms with Crippen LogP contribution in [0.1, 0.15) is 5.89 Å². The summed E-state index contributed by atoms with van der Waals surface area (Å²) >= 11 is 0. The average Bonchev–Trinajstić information content (AvgIpc) is 2.77. The van der Waals surface area contributed by atoms with E-state index in [9.17, 15) is 18.0 Å². The molecule has 0 N–H and O–H groups in total. The molecule has 2 aromatic heterocycles. The number of carbonyl (C=O) groups excluding carboxylic acids is 1. The summed E-state index contributed by atoms with van der Waals surface area (Å²) in [5.41, 5.74) is 0.493. The van der Waals surface area contributed by atoms with Crippen LogP contribution in [0.3, 0.4) is 0 Å². The number of Topliss-reactive ketones (excluding diaryl/α,β-unsaturated/α-hetero) is 1. The lowest BCUT2D eigenvalue weighted by Gasteiger charge is -2.00. The normalized spacial score (nSPS) is 11.5. The van der Waals surface area contributed by atoms with Crippen molar-refractivity contribution < 1.29 is 22.5 Å². The van der Waals surface area contributed by atoms with E-state index in [1.165, 1.54) is 12.4 Å². The molecule has 0 amide bonds. The second kappa shape index (κ2) is 4.55. The molecule has 0 fully saturated rings. The zero-order valence-electron chi connectivity index (χ0n) is 8.81. The minimum atomic E-state index is -4.90. The maximum absolute atomic E-state index is 12.0. The van der Waals surface area contributed by atoms with Gasteiger partial charge in [0.1, 0.15) is 0 Å². The van der Waals surface area contributed by atoms with Gasteiger partial charge in [0.25, 0.3) is 0 Å². The Bertz CT molecular complexity index is 551. The topological polar surface area (TPSA) is 68.9 Å². The van der Waals surface area contributed by atoms with Gasteiger partial charge in [-0.1, -0.05) is 5.16 Å². The molecule has 18 heavy (non-hydrogen) atoms. The molecule has 2 rings (SSSR count). The van der Waals surface area contributed by atoms with Crippen LogP contribution < -0.4 is 0 Å². The fourth-order valence-electron chi connectivity index (χ4n) is 1.18. The number of hydrogen-bond donors (Lipinski definition) is 0. The summed E-state index contributed by atoms with van der Waals surface area (Å²) < 4.78 is 40.6. The van der Waals surface area contributed by atoms with E-state index in [0.717, 1.165) is 0 Å². The number of nitrogens with zero attached hydrogens (tertiary/aromatic N) is 3. The smallest absolute Gasteiger partial charge is 0.338 e. The first-order valence-corrected chi connectivity index (χ1v) is 4.80. The van der Waals surface area contributed by atoms with Crippen LogP contribution in [0.4, 0.5) is 13.2 Å². The molecule has 2 heterocycles. The Labute approximate surface area is 98.6 Å². The van der Waals surface area contributed by atoms with E-state index in [2.05, 4.69) is 19.6 Å². The van der Waals surface area contributed by atoms with Crippen molar-refractivity contribution in [3.8, 4) is 11.4 Å². The molecule has 0 aliphatic rings. The Balaban J connectivity index is 2.15. The predicted octanol–water partition coefficient (Wildman–Crippen LogP) is 1.81. The highest BCUT2D eigenvalue weighted by Crippen LogP contribution is 2.19. The summed E-state index contributed by atoms with van der Waals surface area (Å²) in [6.45, 7) is 0. The van der Waals surface area contributed by atoms with Crippen LogP contribution in [0.5, 0.6) is 0 Å². The minimum Gasteiger partial charge on any atom is -0.338 e. The summed E-state index contributed by atoms with van der Waals surface area (Å²) in [7, 11) is 0. The summed E-state index contributed by atoms with van der Waals surface area (Å²) in [4.78, 5) is 18.2. The van der Waals surface area contributed by atoms with E-state index in [1.54, 1.807) is 12.1 Å². The molecule has 0 atom stereocenters. The molecule has 5 nitrogen and oxygen atoms in total. The van der Waals surface area contributed by atoms with E-state index in [-0.39, 0.29) is 11.7 Å². The molecule has 8 heteroatoms. The molecule has 0 aliphatic heterocycles. The van der Waals surface area contributed by atoms with Crippen molar-refractivity contribution in [2.75, 3.05) is 0 Å². The van der Waals surface area contributed by atoms with Gasteiger partial charge < -0.3 is 4.52 Å². The van der Waals surface area contributed by atoms with Crippen molar-refractivity contribution in [3.63, 3.8) is 0 Å². The van der Waals surface area contributed by atoms with Gasteiger partial charge in [-0.15, -0.1) is 0 Å². The van der Waals surface area contributed by atoms with Gasteiger partial charge in [-0.2, -0.15) is 18.2 Å². The van der Waals surface area contributed by atoms with E-state index in [0.29, 0.717) is 5.56 Å². The first-order chi connectivity index (χ1) is 8.47. The van der Waals surface area contributed by atoms with Crippen molar-refractivity contribution in [2.45, 2.75) is 12.6 Å². The van der Waals surface area contributed by atoms with Crippen LogP contribution in [0.25, 0.3) is 11.4 Å². The lowest BCUT2D eigenvalue weighted by Crippen LogP contribution is -2.24. The fourth-order valence-corrected chi connectivity index (χ4v) is 1.18. The van der Waals surface area contributed by atoms with Crippen molar-refractivity contribution in [1.82, 2.24) is 15.1 Å². The predicted molar refractivity (Wildman–Crippen MR) is 52.3 cm³/mol. The van der Waals surface area contributed by atoms with Gasteiger partial charge in [-0.3, -0.25) is 9.78 Å². The lowest BCUT2D eigenvalue weighted by atomic mass is 10.2. The van der Waals surface area contributed by atoms with Gasteiger partial charge in [0.05, 0.1) is 6.42 Å². The maximum Gasteiger partial charge on any atom is 0.450 e. The number of carbonyl (C=O) groups is 1. The molecular weight excluding hydrogens is 251 g/mol. The van der Waals surface area contributed by atoms with Gasteiger partial charge in [0, 0.05) is 18.0 Å². The van der Waals surface area contributed by atoms with Crippen LogP contribution >= 0.6 is 0 Å². The zero-order chi connectivity index (χ0) is 13.2. The lowest BCUT2D eigenvalue weighted by molar-refractivity contribution is -0.170. The van der Waals surface area contributed by atoms with E-state index >= 15 is 0 Å². The van der Waals surface area contributed by atoms with E-state index in [1.807, 2.05) is 0 Å². The molecular formula is C10H6F3N3O2. The zero-order valence-corrected chi connectivity index (χ0v) is 8.81. The Hall–Kier alpha value is -2.25. The molecule has 94 valence electrons. The molecule has 0 saturated heterocycles. The number of alkyl halides is 3. The van der Waals surface area contributed by atoms with E-state index in [4.69, 9.17) is 0 Å². The molecule has 0 bridgehead atoms. The second-order valence-corrected chi connectivity index (χ2v) is 3.35. The van der Waals surface area contributed by atoms with Crippen LogP contribution in [0.2, 0.25) is 0 Å². The Kier molecular flexibility index (Phi) is 3.09. The second-order valence-electron chi connectivity index (χ2n) is 3.35. The third kappa shape index (κ3) is 2.70. The average molecular weight is 257 g/mol. The van der Waals surface area contributed by atoms with Crippen molar-refractivity contribution in [3.05, 3.63) is 30.4 Å². The maximum atomic E-state index is 12.0. The number of ketones is 1. The Morgan fingerprint density at radius 3 is 2.78 bits per heavy atom. The molecule has 0 radical (unpaired) electrons. The highest BCUT2D eigenvalue weighted by atomic mass is 19.4.